The minimum atomic E-state index is -0.791. The molecule has 2 aromatic rings. The first kappa shape index (κ1) is 22.5. The summed E-state index contributed by atoms with van der Waals surface area (Å²) >= 11 is 0. The lowest BCUT2D eigenvalue weighted by atomic mass is 9.96. The van der Waals surface area contributed by atoms with E-state index >= 15 is 0 Å². The fraction of sp³-hybridized carbons (Fsp3) is 0.167. The lowest BCUT2D eigenvalue weighted by Gasteiger charge is -2.18. The number of rotatable bonds is 6. The zero-order valence-electron chi connectivity index (χ0n) is 18.1. The molecule has 1 aliphatic heterocycles. The molecule has 2 aromatic carbocycles. The van der Waals surface area contributed by atoms with Crippen molar-refractivity contribution in [3.8, 4) is 11.1 Å². The molecule has 3 rings (SSSR count). The normalized spacial score (nSPS) is 12.1. The Morgan fingerprint density at radius 2 is 1.66 bits per heavy atom. The van der Waals surface area contributed by atoms with Crippen LogP contribution in [0.15, 0.2) is 67.0 Å². The van der Waals surface area contributed by atoms with Gasteiger partial charge in [0, 0.05) is 25.2 Å². The molecule has 0 bridgehead atoms. The summed E-state index contributed by atoms with van der Waals surface area (Å²) in [5, 5.41) is 2.29. The summed E-state index contributed by atoms with van der Waals surface area (Å²) in [5.74, 6) is -1.99. The molecule has 3 amide bonds. The molecule has 1 aliphatic rings. The molecular formula is C24H23N3O5. The summed E-state index contributed by atoms with van der Waals surface area (Å²) in [6.07, 6.45) is 0. The molecular weight excluding hydrogens is 410 g/mol. The summed E-state index contributed by atoms with van der Waals surface area (Å²) in [6.45, 7) is 7.29. The van der Waals surface area contributed by atoms with Crippen LogP contribution in [0.3, 0.4) is 0 Å². The number of fused-ring (bicyclic) bond motifs is 1. The highest BCUT2D eigenvalue weighted by atomic mass is 16.5. The number of benzene rings is 2. The van der Waals surface area contributed by atoms with Crippen LogP contribution in [-0.2, 0) is 20.9 Å². The lowest BCUT2D eigenvalue weighted by molar-refractivity contribution is -0.137. The first-order valence-corrected chi connectivity index (χ1v) is 9.69. The zero-order chi connectivity index (χ0) is 23.6. The van der Waals surface area contributed by atoms with Gasteiger partial charge in [-0.25, -0.2) is 4.79 Å². The maximum atomic E-state index is 12.9. The maximum absolute atomic E-state index is 12.9. The van der Waals surface area contributed by atoms with Crippen LogP contribution in [-0.4, -0.2) is 54.7 Å². The molecule has 0 saturated heterocycles. The minimum Gasteiger partial charge on any atom is -0.464 e. The summed E-state index contributed by atoms with van der Waals surface area (Å²) in [6, 6.07) is 12.4. The second kappa shape index (κ2) is 8.89. The number of hydrogen-bond donors (Lipinski definition) is 1. The van der Waals surface area contributed by atoms with Crippen molar-refractivity contribution in [2.45, 2.75) is 6.54 Å². The maximum Gasteiger partial charge on any atom is 0.353 e. The highest BCUT2D eigenvalue weighted by Crippen LogP contribution is 2.34. The van der Waals surface area contributed by atoms with Crippen LogP contribution < -0.4 is 5.32 Å². The molecule has 0 aromatic heterocycles. The van der Waals surface area contributed by atoms with E-state index in [4.69, 9.17) is 0 Å². The predicted molar refractivity (Wildman–Crippen MR) is 118 cm³/mol. The van der Waals surface area contributed by atoms with Crippen molar-refractivity contribution in [3.05, 3.63) is 83.7 Å². The Bertz CT molecular complexity index is 1150. The summed E-state index contributed by atoms with van der Waals surface area (Å²) in [5.41, 5.74) is 3.03. The number of carbonyl (C=O) groups is 4. The van der Waals surface area contributed by atoms with Gasteiger partial charge in [0.05, 0.1) is 13.7 Å². The molecule has 1 N–H and O–H groups in total. The molecule has 0 saturated carbocycles. The smallest absolute Gasteiger partial charge is 0.353 e. The second-order valence-electron chi connectivity index (χ2n) is 7.37. The average molecular weight is 433 g/mol. The number of nitrogens with zero attached hydrogens (tertiary/aromatic N) is 2. The van der Waals surface area contributed by atoms with Crippen LogP contribution in [0.1, 0.15) is 26.3 Å². The van der Waals surface area contributed by atoms with Crippen LogP contribution in [0, 0.1) is 0 Å². The van der Waals surface area contributed by atoms with Gasteiger partial charge in [-0.2, -0.15) is 0 Å². The van der Waals surface area contributed by atoms with Gasteiger partial charge >= 0.3 is 5.97 Å². The number of carbonyl (C=O) groups excluding carboxylic acids is 4. The van der Waals surface area contributed by atoms with Gasteiger partial charge < -0.3 is 15.0 Å². The van der Waals surface area contributed by atoms with Crippen molar-refractivity contribution in [2.75, 3.05) is 21.2 Å². The molecule has 32 heavy (non-hydrogen) atoms. The Balaban J connectivity index is 1.85. The molecule has 0 radical (unpaired) electrons. The quantitative estimate of drug-likeness (QED) is 0.557. The van der Waals surface area contributed by atoms with Gasteiger partial charge in [0.25, 0.3) is 17.7 Å². The van der Waals surface area contributed by atoms with E-state index in [1.54, 1.807) is 38.4 Å². The van der Waals surface area contributed by atoms with Crippen LogP contribution in [0.25, 0.3) is 11.1 Å². The molecule has 8 nitrogen and oxygen atoms in total. The van der Waals surface area contributed by atoms with Gasteiger partial charge in [0.15, 0.2) is 0 Å². The van der Waals surface area contributed by atoms with Gasteiger partial charge in [-0.15, -0.1) is 0 Å². The van der Waals surface area contributed by atoms with E-state index in [0.29, 0.717) is 11.1 Å². The number of nitrogens with one attached hydrogen (secondary N) is 1. The molecule has 0 unspecified atom stereocenters. The Hall–Kier alpha value is -4.20. The van der Waals surface area contributed by atoms with Crippen LogP contribution in [0.2, 0.25) is 0 Å². The molecule has 0 fully saturated rings. The van der Waals surface area contributed by atoms with Crippen LogP contribution in [0.4, 0.5) is 0 Å². The molecule has 8 heteroatoms. The van der Waals surface area contributed by atoms with E-state index < -0.39 is 11.9 Å². The summed E-state index contributed by atoms with van der Waals surface area (Å²) in [4.78, 5) is 51.7. The van der Waals surface area contributed by atoms with Gasteiger partial charge in [-0.1, -0.05) is 37.4 Å². The minimum absolute atomic E-state index is 0.105. The standard InChI is InChI=1S/C24H23N3O5/c1-14(24(31)32-5)25-21(28)15(2)27-13-20-18(7-6-8-19(20)23(27)30)16-9-11-17(12-10-16)22(29)26(3)4/h6-12H,1-2,13H2,3-5H3,(H,25,28). The van der Waals surface area contributed by atoms with Crippen molar-refractivity contribution in [1.82, 2.24) is 15.1 Å². The molecule has 0 atom stereocenters. The SMILES string of the molecule is C=C(NC(=O)C(=C)N1Cc2c(cccc2-c2ccc(C(=O)N(C)C)cc2)C1=O)C(=O)OC. The highest BCUT2D eigenvalue weighted by Gasteiger charge is 2.33. The van der Waals surface area contributed by atoms with E-state index in [9.17, 15) is 19.2 Å². The Kier molecular flexibility index (Phi) is 6.25. The highest BCUT2D eigenvalue weighted by molar-refractivity contribution is 6.08. The van der Waals surface area contributed by atoms with Crippen LogP contribution >= 0.6 is 0 Å². The predicted octanol–water partition coefficient (Wildman–Crippen LogP) is 2.33. The summed E-state index contributed by atoms with van der Waals surface area (Å²) < 4.78 is 4.50. The Morgan fingerprint density at radius 1 is 1.03 bits per heavy atom. The monoisotopic (exact) mass is 433 g/mol. The zero-order valence-corrected chi connectivity index (χ0v) is 18.1. The molecule has 1 heterocycles. The van der Waals surface area contributed by atoms with E-state index in [1.807, 2.05) is 18.2 Å². The van der Waals surface area contributed by atoms with E-state index in [1.165, 1.54) is 16.9 Å². The number of methoxy groups -OCH3 is 1. The second-order valence-corrected chi connectivity index (χ2v) is 7.37. The topological polar surface area (TPSA) is 96.0 Å². The average Bonchev–Trinajstić information content (AvgIpc) is 3.13. The molecule has 0 spiro atoms. The fourth-order valence-corrected chi connectivity index (χ4v) is 3.38. The third-order valence-electron chi connectivity index (χ3n) is 5.10. The molecule has 0 aliphatic carbocycles. The van der Waals surface area contributed by atoms with E-state index in [-0.39, 0.29) is 29.8 Å². The fourth-order valence-electron chi connectivity index (χ4n) is 3.38. The number of ether oxygens (including phenoxy) is 1. The Labute approximate surface area is 185 Å². The van der Waals surface area contributed by atoms with Crippen molar-refractivity contribution in [3.63, 3.8) is 0 Å². The first-order chi connectivity index (χ1) is 15.1. The number of esters is 1. The van der Waals surface area contributed by atoms with Gasteiger partial charge in [0.1, 0.15) is 11.4 Å². The van der Waals surface area contributed by atoms with Gasteiger partial charge in [-0.3, -0.25) is 19.3 Å². The number of hydrogen-bond acceptors (Lipinski definition) is 5. The number of amides is 3. The third kappa shape index (κ3) is 4.15. The van der Waals surface area contributed by atoms with Crippen LogP contribution in [0.5, 0.6) is 0 Å². The first-order valence-electron chi connectivity index (χ1n) is 9.69. The van der Waals surface area contributed by atoms with Crippen molar-refractivity contribution in [2.24, 2.45) is 0 Å². The lowest BCUT2D eigenvalue weighted by Crippen LogP contribution is -2.36. The largest absolute Gasteiger partial charge is 0.464 e. The van der Waals surface area contributed by atoms with E-state index in [2.05, 4.69) is 23.2 Å². The van der Waals surface area contributed by atoms with Gasteiger partial charge in [0.2, 0.25) is 0 Å². The Morgan fingerprint density at radius 3 is 2.25 bits per heavy atom. The van der Waals surface area contributed by atoms with Crippen molar-refractivity contribution < 1.29 is 23.9 Å². The van der Waals surface area contributed by atoms with E-state index in [0.717, 1.165) is 16.7 Å². The third-order valence-corrected chi connectivity index (χ3v) is 5.10. The van der Waals surface area contributed by atoms with Crippen molar-refractivity contribution >= 4 is 23.7 Å². The van der Waals surface area contributed by atoms with Gasteiger partial charge in [-0.05, 0) is 34.9 Å². The van der Waals surface area contributed by atoms with Crippen molar-refractivity contribution in [1.29, 1.82) is 0 Å². The molecule has 164 valence electrons. The summed E-state index contributed by atoms with van der Waals surface area (Å²) in [7, 11) is 4.54.